The number of unbranched alkanes of at least 4 members (excludes halogenated alkanes) is 1. The van der Waals surface area contributed by atoms with Gasteiger partial charge in [-0.3, -0.25) is 0 Å². The van der Waals surface area contributed by atoms with Gasteiger partial charge in [-0.05, 0) is 159 Å². The maximum absolute atomic E-state index is 13.6. The van der Waals surface area contributed by atoms with Crippen molar-refractivity contribution in [3.8, 4) is 0 Å². The largest absolute Gasteiger partial charge is 0.478 e. The Morgan fingerprint density at radius 1 is 0.907 bits per heavy atom. The number of hydrogen-bond donors (Lipinski definition) is 2. The van der Waals surface area contributed by atoms with Gasteiger partial charge >= 0.3 is 12.1 Å². The molecular formula is C45H66N2O6S. The third-order valence-electron chi connectivity index (χ3n) is 17.0. The fraction of sp³-hybridized carbons (Fsp3) is 0.733. The molecule has 1 aromatic carbocycles. The fourth-order valence-corrected chi connectivity index (χ4v) is 15.3. The molecule has 0 aromatic heterocycles. The van der Waals surface area contributed by atoms with E-state index in [9.17, 15) is 23.1 Å². The molecule has 298 valence electrons. The summed E-state index contributed by atoms with van der Waals surface area (Å²) in [4.78, 5) is 27.3. The van der Waals surface area contributed by atoms with E-state index < -0.39 is 15.8 Å². The third kappa shape index (κ3) is 6.49. The Labute approximate surface area is 324 Å². The number of allylic oxidation sites excluding steroid dienone is 3. The van der Waals surface area contributed by atoms with Crippen molar-refractivity contribution in [3.63, 3.8) is 0 Å². The maximum Gasteiger partial charge on any atom is 0.407 e. The number of carbonyl (C=O) groups is 2. The summed E-state index contributed by atoms with van der Waals surface area (Å²) in [7, 11) is -2.88. The van der Waals surface area contributed by atoms with Crippen LogP contribution >= 0.6 is 0 Å². The van der Waals surface area contributed by atoms with Gasteiger partial charge < -0.3 is 20.1 Å². The zero-order valence-corrected chi connectivity index (χ0v) is 34.7. The number of hydrogen-bond acceptors (Lipinski definition) is 6. The van der Waals surface area contributed by atoms with Gasteiger partial charge in [0, 0.05) is 18.6 Å². The first-order valence-electron chi connectivity index (χ1n) is 20.9. The van der Waals surface area contributed by atoms with Gasteiger partial charge in [-0.2, -0.15) is 0 Å². The second-order valence-electron chi connectivity index (χ2n) is 19.7. The van der Waals surface area contributed by atoms with E-state index in [2.05, 4.69) is 64.4 Å². The third-order valence-corrected chi connectivity index (χ3v) is 18.6. The van der Waals surface area contributed by atoms with Crippen LogP contribution < -0.4 is 5.32 Å². The summed E-state index contributed by atoms with van der Waals surface area (Å²) in [6, 6.07) is 7.50. The number of fused-ring (bicyclic) bond motifs is 7. The Morgan fingerprint density at radius 2 is 1.61 bits per heavy atom. The first kappa shape index (κ1) is 39.6. The van der Waals surface area contributed by atoms with Gasteiger partial charge in [0.05, 0.1) is 23.7 Å². The highest BCUT2D eigenvalue weighted by molar-refractivity contribution is 7.91. The minimum Gasteiger partial charge on any atom is -0.478 e. The second-order valence-corrected chi connectivity index (χ2v) is 22.0. The highest BCUT2D eigenvalue weighted by atomic mass is 32.2. The number of nitrogens with one attached hydrogen (secondary N) is 1. The summed E-state index contributed by atoms with van der Waals surface area (Å²) in [6.07, 6.45) is 13.8. The Hall–Kier alpha value is -2.65. The highest BCUT2D eigenvalue weighted by Gasteiger charge is 2.70. The second kappa shape index (κ2) is 14.1. The molecule has 5 aliphatic carbocycles. The lowest BCUT2D eigenvalue weighted by atomic mass is 9.33. The van der Waals surface area contributed by atoms with Crippen molar-refractivity contribution in [2.75, 3.05) is 37.7 Å². The van der Waals surface area contributed by atoms with Gasteiger partial charge in [-0.25, -0.2) is 18.0 Å². The lowest BCUT2D eigenvalue weighted by molar-refractivity contribution is -0.218. The number of amides is 1. The first-order valence-corrected chi connectivity index (χ1v) is 22.8. The molecule has 0 spiro atoms. The summed E-state index contributed by atoms with van der Waals surface area (Å²) >= 11 is 0. The molecule has 2 N–H and O–H groups in total. The summed E-state index contributed by atoms with van der Waals surface area (Å²) in [6.45, 7) is 21.9. The van der Waals surface area contributed by atoms with Gasteiger partial charge in [-0.1, -0.05) is 65.0 Å². The monoisotopic (exact) mass is 762 g/mol. The number of aromatic carboxylic acids is 1. The molecule has 0 radical (unpaired) electrons. The molecule has 9 heteroatoms. The fourth-order valence-electron chi connectivity index (χ4n) is 14.1. The quantitative estimate of drug-likeness (QED) is 0.191. The predicted octanol–water partition coefficient (Wildman–Crippen LogP) is 9.02. The number of rotatable bonds is 9. The van der Waals surface area contributed by atoms with Crippen LogP contribution in [0.1, 0.15) is 128 Å². The molecule has 7 rings (SSSR count). The van der Waals surface area contributed by atoms with E-state index in [4.69, 9.17) is 4.74 Å². The van der Waals surface area contributed by atoms with Gasteiger partial charge in [0.25, 0.3) is 0 Å². The van der Waals surface area contributed by atoms with Gasteiger partial charge in [0.2, 0.25) is 0 Å². The van der Waals surface area contributed by atoms with E-state index in [1.54, 1.807) is 12.1 Å². The van der Waals surface area contributed by atoms with Crippen molar-refractivity contribution in [2.45, 2.75) is 118 Å². The van der Waals surface area contributed by atoms with E-state index >= 15 is 0 Å². The van der Waals surface area contributed by atoms with Crippen molar-refractivity contribution >= 4 is 27.5 Å². The van der Waals surface area contributed by atoms with E-state index in [0.717, 1.165) is 57.1 Å². The Balaban J connectivity index is 1.06. The summed E-state index contributed by atoms with van der Waals surface area (Å²) in [5.74, 6) is 1.97. The van der Waals surface area contributed by atoms with E-state index in [1.807, 2.05) is 12.1 Å². The van der Waals surface area contributed by atoms with Crippen LogP contribution in [0.5, 0.6) is 0 Å². The van der Waals surface area contributed by atoms with Crippen molar-refractivity contribution in [1.29, 1.82) is 0 Å². The van der Waals surface area contributed by atoms with E-state index in [0.29, 0.717) is 54.8 Å². The molecule has 8 nitrogen and oxygen atoms in total. The molecule has 5 fully saturated rings. The average Bonchev–Trinajstić information content (AvgIpc) is 3.48. The Kier molecular flexibility index (Phi) is 10.3. The summed E-state index contributed by atoms with van der Waals surface area (Å²) < 4.78 is 29.4. The molecule has 0 bridgehead atoms. The zero-order valence-electron chi connectivity index (χ0n) is 33.8. The molecule has 1 saturated heterocycles. The van der Waals surface area contributed by atoms with Crippen LogP contribution in [0.3, 0.4) is 0 Å². The Morgan fingerprint density at radius 3 is 2.28 bits per heavy atom. The normalized spacial score (nSPS) is 39.5. The van der Waals surface area contributed by atoms with E-state index in [-0.39, 0.29) is 44.8 Å². The number of carbonyl (C=O) groups excluding carboxylic acids is 1. The van der Waals surface area contributed by atoms with E-state index in [1.165, 1.54) is 36.8 Å². The van der Waals surface area contributed by atoms with Crippen molar-refractivity contribution < 1.29 is 27.9 Å². The van der Waals surface area contributed by atoms with Crippen molar-refractivity contribution in [3.05, 3.63) is 53.6 Å². The molecular weight excluding hydrogens is 697 g/mol. The van der Waals surface area contributed by atoms with Crippen LogP contribution in [0, 0.1) is 51.2 Å². The molecule has 9 atom stereocenters. The molecule has 1 aromatic rings. The number of carboxylic acid groups (broad SMARTS) is 1. The smallest absolute Gasteiger partial charge is 0.407 e. The number of carboxylic acids is 1. The van der Waals surface area contributed by atoms with Crippen LogP contribution in [0.15, 0.2) is 42.5 Å². The number of alkyl carbamates (subject to hydrolysis) is 1. The predicted molar refractivity (Wildman–Crippen MR) is 215 cm³/mol. The number of sulfone groups is 1. The van der Waals surface area contributed by atoms with Crippen molar-refractivity contribution in [1.82, 2.24) is 10.2 Å². The Bertz CT molecular complexity index is 1770. The van der Waals surface area contributed by atoms with Gasteiger partial charge in [0.15, 0.2) is 9.84 Å². The molecule has 4 saturated carbocycles. The SMILES string of the molecule is C=C(C)C1CCC2(NC(=O)OCCCCN3CCS(=O)(=O)CC3)CCC3(C)C(CCC4C5(C)CC=C(c6ccc(C(=O)O)cc6)C(C)(C)C5CCC43C)C12. The minimum absolute atomic E-state index is 0.0317. The van der Waals surface area contributed by atoms with Crippen LogP contribution in [0.25, 0.3) is 5.57 Å². The number of nitrogens with zero attached hydrogens (tertiary/aromatic N) is 1. The van der Waals surface area contributed by atoms with Crippen LogP contribution in [0.2, 0.25) is 0 Å². The van der Waals surface area contributed by atoms with Crippen LogP contribution in [0.4, 0.5) is 4.79 Å². The molecule has 1 aliphatic heterocycles. The number of benzene rings is 1. The first-order chi connectivity index (χ1) is 25.4. The minimum atomic E-state index is -2.88. The van der Waals surface area contributed by atoms with Crippen molar-refractivity contribution in [2.24, 2.45) is 51.2 Å². The van der Waals surface area contributed by atoms with Gasteiger partial charge in [0.1, 0.15) is 0 Å². The van der Waals surface area contributed by atoms with Crippen LogP contribution in [-0.2, 0) is 14.6 Å². The van der Waals surface area contributed by atoms with Gasteiger partial charge in [-0.15, -0.1) is 0 Å². The standard InChI is InChI=1S/C45H66N2O6S/c1-30(2)33-16-21-45(46-40(50)53-27-9-8-24-47-25-28-54(51,52)29-26-47)23-22-43(6)35(38(33)45)14-15-37-42(5)19-17-34(31-10-12-32(13-11-31)39(48)49)41(3,4)36(42)18-20-44(37,43)7/h10-13,17,33,35-38H,1,8-9,14-16,18-29H2,2-7H3,(H,46,50)(H,48,49). The topological polar surface area (TPSA) is 113 Å². The molecule has 9 unspecified atom stereocenters. The molecule has 6 aliphatic rings. The lowest BCUT2D eigenvalue weighted by Crippen LogP contribution is -2.68. The lowest BCUT2D eigenvalue weighted by Gasteiger charge is -2.72. The maximum atomic E-state index is 13.6. The summed E-state index contributed by atoms with van der Waals surface area (Å²) in [5, 5.41) is 13.0. The average molecular weight is 763 g/mol. The number of ether oxygens (including phenoxy) is 1. The highest BCUT2D eigenvalue weighted by Crippen LogP contribution is 2.76. The molecule has 1 heterocycles. The zero-order chi connectivity index (χ0) is 38.9. The summed E-state index contributed by atoms with van der Waals surface area (Å²) in [5.41, 5.74) is 4.29. The molecule has 1 amide bonds. The molecule has 54 heavy (non-hydrogen) atoms. The van der Waals surface area contributed by atoms with Crippen LogP contribution in [-0.4, -0.2) is 73.8 Å².